The Kier molecular flexibility index (Phi) is 5.28. The van der Waals surface area contributed by atoms with Crippen molar-refractivity contribution in [2.45, 2.75) is 13.5 Å². The van der Waals surface area contributed by atoms with Crippen molar-refractivity contribution in [2.24, 2.45) is 0 Å². The largest absolute Gasteiger partial charge is 0.384 e. The summed E-state index contributed by atoms with van der Waals surface area (Å²) >= 11 is 0. The van der Waals surface area contributed by atoms with Gasteiger partial charge >= 0.3 is 0 Å². The number of hydrogen-bond acceptors (Lipinski definition) is 3. The molecule has 98 valence electrons. The van der Waals surface area contributed by atoms with E-state index in [1.165, 1.54) is 25.1 Å². The average molecular weight is 271 g/mol. The quantitative estimate of drug-likeness (QED) is 0.788. The zero-order valence-electron chi connectivity index (χ0n) is 9.90. The number of aliphatic hydroxyl groups is 1. The molecule has 0 heterocycles. The lowest BCUT2D eigenvalue weighted by atomic mass is 10.1. The van der Waals surface area contributed by atoms with Gasteiger partial charge in [-0.05, 0) is 25.1 Å². The zero-order valence-corrected chi connectivity index (χ0v) is 10.7. The Morgan fingerprint density at radius 1 is 1.44 bits per heavy atom. The van der Waals surface area contributed by atoms with Crippen molar-refractivity contribution in [3.05, 3.63) is 35.1 Å². The fraction of sp³-hybridized carbons (Fsp3) is 0.333. The van der Waals surface area contributed by atoms with Gasteiger partial charge in [-0.2, -0.15) is 0 Å². The van der Waals surface area contributed by atoms with Crippen LogP contribution in [0.4, 0.5) is 4.39 Å². The molecule has 0 aromatic heterocycles. The van der Waals surface area contributed by atoms with Crippen LogP contribution in [0.25, 0.3) is 0 Å². The number of sulfonamides is 1. The maximum absolute atomic E-state index is 13.4. The van der Waals surface area contributed by atoms with Gasteiger partial charge in [-0.25, -0.2) is 17.5 Å². The molecule has 2 N–H and O–H groups in total. The maximum Gasteiger partial charge on any atom is 0.211 e. The lowest BCUT2D eigenvalue weighted by Crippen LogP contribution is -2.25. The molecule has 0 bridgehead atoms. The minimum Gasteiger partial charge on any atom is -0.384 e. The van der Waals surface area contributed by atoms with Gasteiger partial charge in [0.25, 0.3) is 0 Å². The Hall–Kier alpha value is -1.42. The summed E-state index contributed by atoms with van der Waals surface area (Å²) in [6, 6.07) is 4.14. The molecule has 0 saturated carbocycles. The molecular formula is C12H14FNO3S. The molecule has 0 amide bonds. The summed E-state index contributed by atoms with van der Waals surface area (Å²) in [5.41, 5.74) is 0.743. The van der Waals surface area contributed by atoms with Gasteiger partial charge in [0.2, 0.25) is 10.0 Å². The van der Waals surface area contributed by atoms with Crippen LogP contribution >= 0.6 is 0 Å². The van der Waals surface area contributed by atoms with Gasteiger partial charge < -0.3 is 5.11 Å². The fourth-order valence-electron chi connectivity index (χ4n) is 1.22. The second-order valence-electron chi connectivity index (χ2n) is 3.49. The average Bonchev–Trinajstić information content (AvgIpc) is 2.36. The van der Waals surface area contributed by atoms with E-state index in [2.05, 4.69) is 16.6 Å². The second-order valence-corrected chi connectivity index (χ2v) is 5.59. The molecule has 0 unspecified atom stereocenters. The molecule has 0 radical (unpaired) electrons. The number of hydrogen-bond donors (Lipinski definition) is 2. The molecule has 1 aromatic rings. The van der Waals surface area contributed by atoms with Crippen molar-refractivity contribution in [1.82, 2.24) is 4.72 Å². The van der Waals surface area contributed by atoms with Gasteiger partial charge in [-0.15, -0.1) is 0 Å². The Bertz CT molecular complexity index is 573. The van der Waals surface area contributed by atoms with E-state index in [4.69, 9.17) is 5.11 Å². The minimum absolute atomic E-state index is 0.0569. The first kappa shape index (κ1) is 14.6. The Labute approximate surface area is 106 Å². The summed E-state index contributed by atoms with van der Waals surface area (Å²) in [7, 11) is -3.36. The Morgan fingerprint density at radius 2 is 2.17 bits per heavy atom. The third kappa shape index (κ3) is 4.45. The van der Waals surface area contributed by atoms with Crippen molar-refractivity contribution in [3.63, 3.8) is 0 Å². The first-order chi connectivity index (χ1) is 8.48. The first-order valence-corrected chi connectivity index (χ1v) is 6.99. The van der Waals surface area contributed by atoms with Gasteiger partial charge in [0.15, 0.2) is 0 Å². The minimum atomic E-state index is -3.36. The third-order valence-corrected chi connectivity index (χ3v) is 3.56. The van der Waals surface area contributed by atoms with Gasteiger partial charge in [-0.3, -0.25) is 0 Å². The monoisotopic (exact) mass is 271 g/mol. The smallest absolute Gasteiger partial charge is 0.211 e. The Morgan fingerprint density at radius 3 is 2.78 bits per heavy atom. The Balaban J connectivity index is 2.88. The van der Waals surface area contributed by atoms with Crippen molar-refractivity contribution in [1.29, 1.82) is 0 Å². The van der Waals surface area contributed by atoms with Crippen molar-refractivity contribution < 1.29 is 17.9 Å². The molecule has 1 rings (SSSR count). The number of nitrogens with one attached hydrogen (secondary N) is 1. The van der Waals surface area contributed by atoms with E-state index in [0.29, 0.717) is 5.56 Å². The van der Waals surface area contributed by atoms with Crippen LogP contribution in [-0.4, -0.2) is 25.9 Å². The molecule has 0 fully saturated rings. The van der Waals surface area contributed by atoms with Crippen molar-refractivity contribution in [3.8, 4) is 11.8 Å². The van der Waals surface area contributed by atoms with Gasteiger partial charge in [-0.1, -0.05) is 11.8 Å². The molecule has 18 heavy (non-hydrogen) atoms. The van der Waals surface area contributed by atoms with Crippen LogP contribution in [-0.2, 0) is 16.6 Å². The summed E-state index contributed by atoms with van der Waals surface area (Å²) in [6.45, 7) is 1.10. The molecule has 0 aliphatic rings. The van der Waals surface area contributed by atoms with Crippen LogP contribution in [0.2, 0.25) is 0 Å². The highest BCUT2D eigenvalue weighted by Crippen LogP contribution is 2.10. The molecule has 0 atom stereocenters. The highest BCUT2D eigenvalue weighted by atomic mass is 32.2. The van der Waals surface area contributed by atoms with Crippen LogP contribution in [0.3, 0.4) is 0 Å². The predicted molar refractivity (Wildman–Crippen MR) is 66.7 cm³/mol. The van der Waals surface area contributed by atoms with E-state index in [-0.39, 0.29) is 24.5 Å². The van der Waals surface area contributed by atoms with Crippen LogP contribution in [0.15, 0.2) is 18.2 Å². The molecule has 1 aromatic carbocycles. The van der Waals surface area contributed by atoms with E-state index in [0.717, 1.165) is 0 Å². The fourth-order valence-corrected chi connectivity index (χ4v) is 1.80. The zero-order chi connectivity index (χ0) is 13.6. The highest BCUT2D eigenvalue weighted by Gasteiger charge is 2.09. The van der Waals surface area contributed by atoms with Gasteiger partial charge in [0, 0.05) is 17.7 Å². The SMILES string of the molecule is CCS(=O)(=O)NCc1cc(C#CCO)ccc1F. The van der Waals surface area contributed by atoms with E-state index in [9.17, 15) is 12.8 Å². The lowest BCUT2D eigenvalue weighted by Gasteiger charge is -2.06. The van der Waals surface area contributed by atoms with Gasteiger partial charge in [0.05, 0.1) is 5.75 Å². The summed E-state index contributed by atoms with van der Waals surface area (Å²) in [4.78, 5) is 0. The molecule has 0 aliphatic carbocycles. The number of aliphatic hydroxyl groups excluding tert-OH is 1. The molecular weight excluding hydrogens is 257 g/mol. The summed E-state index contributed by atoms with van der Waals surface area (Å²) in [5, 5.41) is 8.55. The van der Waals surface area contributed by atoms with Crippen molar-refractivity contribution in [2.75, 3.05) is 12.4 Å². The summed E-state index contributed by atoms with van der Waals surface area (Å²) < 4.78 is 38.2. The number of benzene rings is 1. The molecule has 0 saturated heterocycles. The van der Waals surface area contributed by atoms with Crippen LogP contribution in [0.5, 0.6) is 0 Å². The van der Waals surface area contributed by atoms with Gasteiger partial charge in [0.1, 0.15) is 12.4 Å². The third-order valence-electron chi connectivity index (χ3n) is 2.22. The highest BCUT2D eigenvalue weighted by molar-refractivity contribution is 7.89. The second kappa shape index (κ2) is 6.50. The topological polar surface area (TPSA) is 66.4 Å². The van der Waals surface area contributed by atoms with Crippen LogP contribution in [0.1, 0.15) is 18.1 Å². The van der Waals surface area contributed by atoms with E-state index in [1.54, 1.807) is 0 Å². The number of halogens is 1. The maximum atomic E-state index is 13.4. The number of rotatable bonds is 4. The molecule has 0 spiro atoms. The molecule has 4 nitrogen and oxygen atoms in total. The summed E-state index contributed by atoms with van der Waals surface area (Å²) in [6.07, 6.45) is 0. The predicted octanol–water partition coefficient (Wildman–Crippen LogP) is 0.609. The van der Waals surface area contributed by atoms with Crippen LogP contribution < -0.4 is 4.72 Å². The molecule has 6 heteroatoms. The first-order valence-electron chi connectivity index (χ1n) is 5.34. The van der Waals surface area contributed by atoms with Crippen molar-refractivity contribution >= 4 is 10.0 Å². The standard InChI is InChI=1S/C12H14FNO3S/c1-2-18(16,17)14-9-11-8-10(4-3-7-15)5-6-12(11)13/h5-6,8,14-15H,2,7,9H2,1H3. The van der Waals surface area contributed by atoms with E-state index in [1.807, 2.05) is 0 Å². The van der Waals surface area contributed by atoms with E-state index < -0.39 is 15.8 Å². The van der Waals surface area contributed by atoms with E-state index >= 15 is 0 Å². The molecule has 0 aliphatic heterocycles. The summed E-state index contributed by atoms with van der Waals surface area (Å²) in [5.74, 6) is 4.51. The normalized spacial score (nSPS) is 10.8. The van der Waals surface area contributed by atoms with Crippen LogP contribution in [0, 0.1) is 17.7 Å². The lowest BCUT2D eigenvalue weighted by molar-refractivity contribution is 0.350.